The number of amides is 1. The fraction of sp³-hybridized carbons (Fsp3) is 0.286. The van der Waals surface area contributed by atoms with Crippen LogP contribution in [0.25, 0.3) is 0 Å². The van der Waals surface area contributed by atoms with E-state index in [1.54, 1.807) is 16.8 Å². The van der Waals surface area contributed by atoms with Gasteiger partial charge in [-0.25, -0.2) is 5.84 Å². The van der Waals surface area contributed by atoms with Crippen molar-refractivity contribution in [2.45, 2.75) is 13.1 Å². The SMILES string of the molecule is CN(Cc1ccc(C(=O)NN)cc1)Cc1cnn(C)c1. The number of nitrogens with two attached hydrogens (primary N) is 1. The number of hydrazine groups is 1. The molecule has 0 radical (unpaired) electrons. The number of hydrogen-bond donors (Lipinski definition) is 2. The van der Waals surface area contributed by atoms with Crippen molar-refractivity contribution in [2.75, 3.05) is 7.05 Å². The average molecular weight is 273 g/mol. The zero-order valence-corrected chi connectivity index (χ0v) is 11.7. The number of hydrogen-bond acceptors (Lipinski definition) is 4. The van der Waals surface area contributed by atoms with Gasteiger partial charge < -0.3 is 0 Å². The Balaban J connectivity index is 1.94. The van der Waals surface area contributed by atoms with Crippen molar-refractivity contribution in [3.8, 4) is 0 Å². The van der Waals surface area contributed by atoms with E-state index in [0.29, 0.717) is 5.56 Å². The van der Waals surface area contributed by atoms with Crippen LogP contribution in [0.2, 0.25) is 0 Å². The Hall–Kier alpha value is -2.18. The van der Waals surface area contributed by atoms with Gasteiger partial charge in [-0.15, -0.1) is 0 Å². The second kappa shape index (κ2) is 6.31. The Kier molecular flexibility index (Phi) is 4.49. The third-order valence-electron chi connectivity index (χ3n) is 3.01. The molecule has 0 saturated heterocycles. The van der Waals surface area contributed by atoms with Crippen molar-refractivity contribution in [3.05, 3.63) is 53.3 Å². The fourth-order valence-electron chi connectivity index (χ4n) is 2.08. The van der Waals surface area contributed by atoms with E-state index in [9.17, 15) is 4.79 Å². The topological polar surface area (TPSA) is 76.2 Å². The van der Waals surface area contributed by atoms with E-state index in [1.807, 2.05) is 38.6 Å². The summed E-state index contributed by atoms with van der Waals surface area (Å²) in [7, 11) is 3.96. The number of aryl methyl sites for hydroxylation is 1. The maximum atomic E-state index is 11.3. The molecule has 0 bridgehead atoms. The van der Waals surface area contributed by atoms with Crippen molar-refractivity contribution in [1.29, 1.82) is 0 Å². The zero-order chi connectivity index (χ0) is 14.5. The van der Waals surface area contributed by atoms with Crippen LogP contribution in [-0.2, 0) is 20.1 Å². The molecular formula is C14H19N5O. The molecule has 2 aromatic rings. The highest BCUT2D eigenvalue weighted by Gasteiger charge is 2.06. The number of carbonyl (C=O) groups is 1. The number of aromatic nitrogens is 2. The summed E-state index contributed by atoms with van der Waals surface area (Å²) < 4.78 is 1.80. The van der Waals surface area contributed by atoms with Crippen molar-refractivity contribution in [1.82, 2.24) is 20.1 Å². The van der Waals surface area contributed by atoms with Crippen LogP contribution in [0, 0.1) is 0 Å². The molecule has 0 aliphatic heterocycles. The molecule has 0 unspecified atom stereocenters. The van der Waals surface area contributed by atoms with Crippen LogP contribution in [0.5, 0.6) is 0 Å². The highest BCUT2D eigenvalue weighted by Crippen LogP contribution is 2.09. The van der Waals surface area contributed by atoms with E-state index in [4.69, 9.17) is 5.84 Å². The highest BCUT2D eigenvalue weighted by molar-refractivity contribution is 5.93. The third-order valence-corrected chi connectivity index (χ3v) is 3.01. The van der Waals surface area contributed by atoms with Gasteiger partial charge in [-0.2, -0.15) is 5.10 Å². The Morgan fingerprint density at radius 3 is 2.50 bits per heavy atom. The molecular weight excluding hydrogens is 254 g/mol. The molecule has 0 aliphatic rings. The Bertz CT molecular complexity index is 576. The summed E-state index contributed by atoms with van der Waals surface area (Å²) in [6, 6.07) is 7.42. The number of nitrogens with one attached hydrogen (secondary N) is 1. The van der Waals surface area contributed by atoms with Gasteiger partial charge in [0.1, 0.15) is 0 Å². The summed E-state index contributed by atoms with van der Waals surface area (Å²) in [5.41, 5.74) is 5.00. The fourth-order valence-corrected chi connectivity index (χ4v) is 2.08. The molecule has 20 heavy (non-hydrogen) atoms. The predicted octanol–water partition coefficient (Wildman–Crippen LogP) is 0.656. The summed E-state index contributed by atoms with van der Waals surface area (Å²) in [5, 5.41) is 4.15. The number of benzene rings is 1. The van der Waals surface area contributed by atoms with Crippen LogP contribution in [0.1, 0.15) is 21.5 Å². The molecule has 0 spiro atoms. The first kappa shape index (κ1) is 14.2. The molecule has 0 atom stereocenters. The molecule has 106 valence electrons. The second-order valence-electron chi connectivity index (χ2n) is 4.86. The summed E-state index contributed by atoms with van der Waals surface area (Å²) in [6.07, 6.45) is 3.87. The van der Waals surface area contributed by atoms with Gasteiger partial charge in [-0.3, -0.25) is 19.8 Å². The van der Waals surface area contributed by atoms with E-state index in [0.717, 1.165) is 18.7 Å². The van der Waals surface area contributed by atoms with E-state index in [2.05, 4.69) is 15.4 Å². The second-order valence-corrected chi connectivity index (χ2v) is 4.86. The van der Waals surface area contributed by atoms with E-state index < -0.39 is 0 Å². The first-order chi connectivity index (χ1) is 9.58. The molecule has 6 heteroatoms. The van der Waals surface area contributed by atoms with Gasteiger partial charge in [-0.05, 0) is 24.7 Å². The first-order valence-electron chi connectivity index (χ1n) is 6.34. The molecule has 0 fully saturated rings. The molecule has 1 amide bonds. The molecule has 0 saturated carbocycles. The van der Waals surface area contributed by atoms with Crippen LogP contribution in [0.15, 0.2) is 36.7 Å². The van der Waals surface area contributed by atoms with Crippen LogP contribution >= 0.6 is 0 Å². The average Bonchev–Trinajstić information content (AvgIpc) is 2.84. The molecule has 2 rings (SSSR count). The van der Waals surface area contributed by atoms with Crippen LogP contribution in [-0.4, -0.2) is 27.6 Å². The van der Waals surface area contributed by atoms with Crippen LogP contribution in [0.4, 0.5) is 0 Å². The zero-order valence-electron chi connectivity index (χ0n) is 11.7. The number of rotatable bonds is 5. The van der Waals surface area contributed by atoms with Crippen molar-refractivity contribution in [2.24, 2.45) is 12.9 Å². The highest BCUT2D eigenvalue weighted by atomic mass is 16.2. The third kappa shape index (κ3) is 3.66. The quantitative estimate of drug-likeness (QED) is 0.476. The minimum atomic E-state index is -0.278. The van der Waals surface area contributed by atoms with Gasteiger partial charge in [0.25, 0.3) is 5.91 Å². The molecule has 1 aromatic carbocycles. The Morgan fingerprint density at radius 2 is 1.95 bits per heavy atom. The molecule has 1 aromatic heterocycles. The van der Waals surface area contributed by atoms with Crippen LogP contribution in [0.3, 0.4) is 0 Å². The smallest absolute Gasteiger partial charge is 0.265 e. The lowest BCUT2D eigenvalue weighted by Crippen LogP contribution is -2.29. The number of carbonyl (C=O) groups excluding carboxylic acids is 1. The van der Waals surface area contributed by atoms with Gasteiger partial charge in [0, 0.05) is 37.5 Å². The standard InChI is InChI=1S/C14H19N5O/c1-18(9-12-7-16-19(2)10-12)8-11-3-5-13(6-4-11)14(20)17-15/h3-7,10H,8-9,15H2,1-2H3,(H,17,20). The summed E-state index contributed by atoms with van der Waals surface area (Å²) in [6.45, 7) is 1.64. The lowest BCUT2D eigenvalue weighted by molar-refractivity contribution is 0.0953. The largest absolute Gasteiger partial charge is 0.298 e. The van der Waals surface area contributed by atoms with E-state index in [-0.39, 0.29) is 5.91 Å². The molecule has 0 aliphatic carbocycles. The summed E-state index contributed by atoms with van der Waals surface area (Å²) >= 11 is 0. The van der Waals surface area contributed by atoms with Crippen molar-refractivity contribution in [3.63, 3.8) is 0 Å². The van der Waals surface area contributed by atoms with Crippen molar-refractivity contribution >= 4 is 5.91 Å². The van der Waals surface area contributed by atoms with Gasteiger partial charge in [0.2, 0.25) is 0 Å². The lowest BCUT2D eigenvalue weighted by Gasteiger charge is -2.15. The van der Waals surface area contributed by atoms with Crippen molar-refractivity contribution < 1.29 is 4.79 Å². The minimum Gasteiger partial charge on any atom is -0.298 e. The molecule has 3 N–H and O–H groups in total. The minimum absolute atomic E-state index is 0.278. The van der Waals surface area contributed by atoms with Gasteiger partial charge in [0.15, 0.2) is 0 Å². The van der Waals surface area contributed by atoms with Gasteiger partial charge >= 0.3 is 0 Å². The summed E-state index contributed by atoms with van der Waals surface area (Å²) in [5.74, 6) is 4.82. The normalized spacial score (nSPS) is 10.8. The lowest BCUT2D eigenvalue weighted by atomic mass is 10.1. The maximum absolute atomic E-state index is 11.3. The number of nitrogens with zero attached hydrogens (tertiary/aromatic N) is 3. The first-order valence-corrected chi connectivity index (χ1v) is 6.34. The molecule has 1 heterocycles. The summed E-state index contributed by atoms with van der Waals surface area (Å²) in [4.78, 5) is 13.5. The predicted molar refractivity (Wildman–Crippen MR) is 76.5 cm³/mol. The van der Waals surface area contributed by atoms with Gasteiger partial charge in [0.05, 0.1) is 6.20 Å². The Morgan fingerprint density at radius 1 is 1.30 bits per heavy atom. The number of nitrogen functional groups attached to an aromatic ring is 1. The van der Waals surface area contributed by atoms with Gasteiger partial charge in [-0.1, -0.05) is 12.1 Å². The monoisotopic (exact) mass is 273 g/mol. The molecule has 6 nitrogen and oxygen atoms in total. The van der Waals surface area contributed by atoms with E-state index in [1.165, 1.54) is 5.56 Å². The van der Waals surface area contributed by atoms with Crippen LogP contribution < -0.4 is 11.3 Å². The Labute approximate surface area is 118 Å². The van der Waals surface area contributed by atoms with E-state index >= 15 is 0 Å². The maximum Gasteiger partial charge on any atom is 0.265 e.